The van der Waals surface area contributed by atoms with Crippen molar-refractivity contribution >= 4 is 27.7 Å². The van der Waals surface area contributed by atoms with Gasteiger partial charge in [0.1, 0.15) is 0 Å². The molecule has 2 aromatic rings. The third kappa shape index (κ3) is 2.30. The SMILES string of the molecule is CC(C)[C@]1(O)C[C@](c2ccc(Br)cc2)(N2C(=O)c3ccccc3C2=O)C1. The Morgan fingerprint density at radius 1 is 0.962 bits per heavy atom. The van der Waals surface area contributed by atoms with Crippen LogP contribution in [-0.2, 0) is 5.54 Å². The summed E-state index contributed by atoms with van der Waals surface area (Å²) in [6.45, 7) is 3.93. The summed E-state index contributed by atoms with van der Waals surface area (Å²) in [5.74, 6) is -0.514. The second-order valence-electron chi connectivity index (χ2n) is 7.64. The van der Waals surface area contributed by atoms with Gasteiger partial charge in [0.2, 0.25) is 0 Å². The molecule has 1 aliphatic carbocycles. The van der Waals surface area contributed by atoms with E-state index in [1.165, 1.54) is 4.90 Å². The maximum atomic E-state index is 13.1. The monoisotopic (exact) mass is 413 g/mol. The summed E-state index contributed by atoms with van der Waals surface area (Å²) in [4.78, 5) is 27.5. The van der Waals surface area contributed by atoms with Crippen LogP contribution in [0.4, 0.5) is 0 Å². The van der Waals surface area contributed by atoms with Crippen LogP contribution in [0.5, 0.6) is 0 Å². The number of hydrogen-bond donors (Lipinski definition) is 1. The minimum Gasteiger partial charge on any atom is -0.389 e. The van der Waals surface area contributed by atoms with Gasteiger partial charge in [0.15, 0.2) is 0 Å². The number of halogens is 1. The van der Waals surface area contributed by atoms with Crippen LogP contribution in [0.15, 0.2) is 53.0 Å². The van der Waals surface area contributed by atoms with Gasteiger partial charge in [-0.3, -0.25) is 14.5 Å². The Labute approximate surface area is 161 Å². The van der Waals surface area contributed by atoms with Crippen molar-refractivity contribution < 1.29 is 14.7 Å². The number of amides is 2. The lowest BCUT2D eigenvalue weighted by atomic mass is 9.57. The first-order chi connectivity index (χ1) is 12.3. The molecule has 0 spiro atoms. The number of nitrogens with zero attached hydrogens (tertiary/aromatic N) is 1. The Morgan fingerprint density at radius 2 is 1.46 bits per heavy atom. The summed E-state index contributed by atoms with van der Waals surface area (Å²) < 4.78 is 0.928. The molecule has 0 unspecified atom stereocenters. The first kappa shape index (κ1) is 17.4. The number of fused-ring (bicyclic) bond motifs is 1. The summed E-state index contributed by atoms with van der Waals surface area (Å²) in [7, 11) is 0. The summed E-state index contributed by atoms with van der Waals surface area (Å²) in [5.41, 5.74) is 0.0541. The van der Waals surface area contributed by atoms with E-state index in [4.69, 9.17) is 0 Å². The second kappa shape index (κ2) is 5.76. The van der Waals surface area contributed by atoms with Crippen LogP contribution < -0.4 is 0 Å². The number of aliphatic hydroxyl groups is 1. The van der Waals surface area contributed by atoms with Gasteiger partial charge in [-0.2, -0.15) is 0 Å². The van der Waals surface area contributed by atoms with Crippen LogP contribution in [0.3, 0.4) is 0 Å². The molecule has 0 saturated heterocycles. The Balaban J connectivity index is 1.82. The molecule has 1 saturated carbocycles. The van der Waals surface area contributed by atoms with Crippen molar-refractivity contribution in [3.05, 3.63) is 69.7 Å². The van der Waals surface area contributed by atoms with E-state index in [9.17, 15) is 14.7 Å². The zero-order valence-electron chi connectivity index (χ0n) is 14.7. The van der Waals surface area contributed by atoms with Crippen LogP contribution in [-0.4, -0.2) is 27.4 Å². The minimum absolute atomic E-state index is 0.0428. The van der Waals surface area contributed by atoms with E-state index < -0.39 is 11.1 Å². The smallest absolute Gasteiger partial charge is 0.262 e. The van der Waals surface area contributed by atoms with Gasteiger partial charge < -0.3 is 5.11 Å². The molecule has 0 radical (unpaired) electrons. The highest BCUT2D eigenvalue weighted by Crippen LogP contribution is 2.57. The van der Waals surface area contributed by atoms with E-state index in [0.717, 1.165) is 10.0 Å². The maximum Gasteiger partial charge on any atom is 0.262 e. The number of rotatable bonds is 3. The summed E-state index contributed by atoms with van der Waals surface area (Å²) in [6.07, 6.45) is 0.704. The average molecular weight is 414 g/mol. The van der Waals surface area contributed by atoms with Crippen molar-refractivity contribution in [2.24, 2.45) is 5.92 Å². The van der Waals surface area contributed by atoms with Crippen LogP contribution >= 0.6 is 15.9 Å². The average Bonchev–Trinajstić information content (AvgIpc) is 2.84. The molecule has 1 heterocycles. The molecule has 26 heavy (non-hydrogen) atoms. The summed E-state index contributed by atoms with van der Waals surface area (Å²) >= 11 is 3.43. The molecule has 0 bridgehead atoms. The fourth-order valence-electron chi connectivity index (χ4n) is 4.20. The van der Waals surface area contributed by atoms with Gasteiger partial charge in [-0.25, -0.2) is 0 Å². The third-order valence-electron chi connectivity index (χ3n) is 5.88. The molecule has 1 N–H and O–H groups in total. The topological polar surface area (TPSA) is 57.6 Å². The lowest BCUT2D eigenvalue weighted by Gasteiger charge is -2.58. The largest absolute Gasteiger partial charge is 0.389 e. The molecular weight excluding hydrogens is 394 g/mol. The number of imide groups is 1. The zero-order chi connectivity index (χ0) is 18.7. The highest BCUT2D eigenvalue weighted by molar-refractivity contribution is 9.10. The van der Waals surface area contributed by atoms with Crippen molar-refractivity contribution in [3.63, 3.8) is 0 Å². The molecular formula is C21H20BrNO3. The quantitative estimate of drug-likeness (QED) is 0.769. The van der Waals surface area contributed by atoms with E-state index >= 15 is 0 Å². The first-order valence-electron chi connectivity index (χ1n) is 8.75. The zero-order valence-corrected chi connectivity index (χ0v) is 16.3. The van der Waals surface area contributed by atoms with E-state index in [0.29, 0.717) is 24.0 Å². The standard InChI is InChI=1S/C21H20BrNO3/c1-13(2)21(26)11-20(12-21,14-7-9-15(22)10-8-14)23-18(24)16-5-3-4-6-17(16)19(23)25/h3-10,13,26H,11-12H2,1-2H3/t20-,21-. The first-order valence-corrected chi connectivity index (χ1v) is 9.54. The number of carbonyl (C=O) groups excluding carboxylic acids is 2. The molecule has 0 aromatic heterocycles. The van der Waals surface area contributed by atoms with Crippen molar-refractivity contribution in [1.82, 2.24) is 4.90 Å². The van der Waals surface area contributed by atoms with Gasteiger partial charge in [-0.15, -0.1) is 0 Å². The molecule has 2 aliphatic rings. The molecule has 4 nitrogen and oxygen atoms in total. The van der Waals surface area contributed by atoms with Gasteiger partial charge in [-0.05, 0) is 35.7 Å². The molecule has 2 amide bonds. The Morgan fingerprint density at radius 3 is 1.92 bits per heavy atom. The predicted molar refractivity (Wildman–Crippen MR) is 102 cm³/mol. The Bertz CT molecular complexity index is 863. The van der Waals surface area contributed by atoms with Gasteiger partial charge in [0, 0.05) is 17.3 Å². The Kier molecular flexibility index (Phi) is 3.86. The van der Waals surface area contributed by atoms with Crippen molar-refractivity contribution in [2.75, 3.05) is 0 Å². The van der Waals surface area contributed by atoms with Gasteiger partial charge in [0.25, 0.3) is 11.8 Å². The fourth-order valence-corrected chi connectivity index (χ4v) is 4.46. The van der Waals surface area contributed by atoms with E-state index in [2.05, 4.69) is 15.9 Å². The van der Waals surface area contributed by atoms with Crippen LogP contribution in [0.1, 0.15) is 53.0 Å². The van der Waals surface area contributed by atoms with Gasteiger partial charge in [0.05, 0.1) is 22.3 Å². The lowest BCUT2D eigenvalue weighted by Crippen LogP contribution is -2.66. The van der Waals surface area contributed by atoms with Crippen molar-refractivity contribution in [2.45, 2.75) is 37.8 Å². The van der Waals surface area contributed by atoms with E-state index in [1.807, 2.05) is 38.1 Å². The normalized spacial score (nSPS) is 27.7. The van der Waals surface area contributed by atoms with Crippen molar-refractivity contribution in [3.8, 4) is 0 Å². The van der Waals surface area contributed by atoms with E-state index in [-0.39, 0.29) is 17.7 Å². The molecule has 2 aromatic carbocycles. The lowest BCUT2D eigenvalue weighted by molar-refractivity contribution is -0.156. The number of carbonyl (C=O) groups is 2. The molecule has 0 atom stereocenters. The fraction of sp³-hybridized carbons (Fsp3) is 0.333. The van der Waals surface area contributed by atoms with Crippen LogP contribution in [0.2, 0.25) is 0 Å². The van der Waals surface area contributed by atoms with Crippen LogP contribution in [0, 0.1) is 5.92 Å². The van der Waals surface area contributed by atoms with E-state index in [1.54, 1.807) is 24.3 Å². The maximum absolute atomic E-state index is 13.1. The number of benzene rings is 2. The molecule has 134 valence electrons. The van der Waals surface area contributed by atoms with Gasteiger partial charge in [-0.1, -0.05) is 54.0 Å². The Hall–Kier alpha value is -1.98. The molecule has 4 rings (SSSR count). The highest BCUT2D eigenvalue weighted by Gasteiger charge is 2.63. The highest BCUT2D eigenvalue weighted by atomic mass is 79.9. The number of hydrogen-bond acceptors (Lipinski definition) is 3. The third-order valence-corrected chi connectivity index (χ3v) is 6.40. The second-order valence-corrected chi connectivity index (χ2v) is 8.56. The van der Waals surface area contributed by atoms with Gasteiger partial charge >= 0.3 is 0 Å². The van der Waals surface area contributed by atoms with Crippen LogP contribution in [0.25, 0.3) is 0 Å². The summed E-state index contributed by atoms with van der Waals surface area (Å²) in [5, 5.41) is 10.9. The predicted octanol–water partition coefficient (Wildman–Crippen LogP) is 4.12. The minimum atomic E-state index is -0.886. The molecule has 1 fully saturated rings. The molecule has 1 aliphatic heterocycles. The summed E-state index contributed by atoms with van der Waals surface area (Å²) in [6, 6.07) is 14.6. The molecule has 5 heteroatoms. The van der Waals surface area contributed by atoms with Crippen molar-refractivity contribution in [1.29, 1.82) is 0 Å².